The molecule has 0 spiro atoms. The number of hydrogen-bond donors (Lipinski definition) is 1. The lowest BCUT2D eigenvalue weighted by Gasteiger charge is -2.06. The molecule has 0 aliphatic rings. The van der Waals surface area contributed by atoms with Gasteiger partial charge in [-0.15, -0.1) is 0 Å². The number of benzene rings is 1. The summed E-state index contributed by atoms with van der Waals surface area (Å²) in [7, 11) is 0. The predicted octanol–water partition coefficient (Wildman–Crippen LogP) is 3.01. The van der Waals surface area contributed by atoms with Crippen LogP contribution in [0.1, 0.15) is 15.9 Å². The molecule has 0 saturated heterocycles. The molecule has 1 aromatic heterocycles. The van der Waals surface area contributed by atoms with Crippen LogP contribution in [0, 0.1) is 11.6 Å². The van der Waals surface area contributed by atoms with Gasteiger partial charge in [-0.05, 0) is 28.5 Å². The number of thiophene rings is 1. The fourth-order valence-corrected chi connectivity index (χ4v) is 2.20. The van der Waals surface area contributed by atoms with Gasteiger partial charge in [-0.3, -0.25) is 0 Å². The highest BCUT2D eigenvalue weighted by Crippen LogP contribution is 2.17. The van der Waals surface area contributed by atoms with Gasteiger partial charge in [0, 0.05) is 12.5 Å². The minimum atomic E-state index is -0.979. The molecule has 0 atom stereocenters. The summed E-state index contributed by atoms with van der Waals surface area (Å²) >= 11 is 1.54. The Morgan fingerprint density at radius 1 is 1.32 bits per heavy atom. The minimum Gasteiger partial charge on any atom is -0.462 e. The van der Waals surface area contributed by atoms with E-state index in [4.69, 9.17) is 10.5 Å². The molecule has 0 aliphatic heterocycles. The molecule has 0 radical (unpaired) electrons. The second kappa shape index (κ2) is 5.79. The number of esters is 1. The Morgan fingerprint density at radius 3 is 2.79 bits per heavy atom. The summed E-state index contributed by atoms with van der Waals surface area (Å²) in [5, 5.41) is 3.85. The van der Waals surface area contributed by atoms with E-state index in [0.29, 0.717) is 12.5 Å². The number of carbonyl (C=O) groups is 1. The molecule has 2 N–H and O–H groups in total. The zero-order valence-corrected chi connectivity index (χ0v) is 10.7. The molecular formula is C13H11F2NO2S. The predicted molar refractivity (Wildman–Crippen MR) is 69.1 cm³/mol. The van der Waals surface area contributed by atoms with E-state index in [9.17, 15) is 13.6 Å². The third-order valence-corrected chi connectivity index (χ3v) is 3.24. The molecule has 3 nitrogen and oxygen atoms in total. The van der Waals surface area contributed by atoms with Crippen molar-refractivity contribution in [1.29, 1.82) is 0 Å². The molecular weight excluding hydrogens is 272 g/mol. The first kappa shape index (κ1) is 13.5. The van der Waals surface area contributed by atoms with E-state index in [0.717, 1.165) is 11.6 Å². The first-order valence-electron chi connectivity index (χ1n) is 5.50. The first-order chi connectivity index (χ1) is 9.08. The highest BCUT2D eigenvalue weighted by Gasteiger charge is 2.16. The maximum Gasteiger partial charge on any atom is 0.341 e. The average molecular weight is 283 g/mol. The van der Waals surface area contributed by atoms with Crippen LogP contribution in [0.25, 0.3) is 0 Å². The molecule has 1 aromatic carbocycles. The van der Waals surface area contributed by atoms with E-state index in [2.05, 4.69) is 0 Å². The quantitative estimate of drug-likeness (QED) is 0.693. The molecule has 6 heteroatoms. The van der Waals surface area contributed by atoms with Crippen molar-refractivity contribution in [1.82, 2.24) is 0 Å². The van der Waals surface area contributed by atoms with Crippen molar-refractivity contribution < 1.29 is 18.3 Å². The monoisotopic (exact) mass is 283 g/mol. The van der Waals surface area contributed by atoms with Crippen LogP contribution in [0.4, 0.5) is 14.5 Å². The fraction of sp³-hybridized carbons (Fsp3) is 0.154. The molecule has 0 unspecified atom stereocenters. The van der Waals surface area contributed by atoms with Crippen LogP contribution in [0.15, 0.2) is 29.0 Å². The van der Waals surface area contributed by atoms with Gasteiger partial charge >= 0.3 is 5.97 Å². The molecule has 0 aliphatic carbocycles. The number of ether oxygens (including phenoxy) is 1. The molecule has 0 bridgehead atoms. The van der Waals surface area contributed by atoms with Crippen LogP contribution < -0.4 is 5.73 Å². The van der Waals surface area contributed by atoms with E-state index in [1.54, 1.807) is 11.3 Å². The average Bonchev–Trinajstić information content (AvgIpc) is 2.86. The topological polar surface area (TPSA) is 52.3 Å². The van der Waals surface area contributed by atoms with Crippen molar-refractivity contribution in [3.05, 3.63) is 51.7 Å². The molecule has 2 rings (SSSR count). The lowest BCUT2D eigenvalue weighted by Crippen LogP contribution is -2.11. The number of halogens is 2. The van der Waals surface area contributed by atoms with Crippen LogP contribution in [0.2, 0.25) is 0 Å². The summed E-state index contributed by atoms with van der Waals surface area (Å²) in [5.74, 6) is -2.72. The lowest BCUT2D eigenvalue weighted by molar-refractivity contribution is 0.0504. The Morgan fingerprint density at radius 2 is 2.11 bits per heavy atom. The van der Waals surface area contributed by atoms with Gasteiger partial charge in [0.05, 0.1) is 17.9 Å². The van der Waals surface area contributed by atoms with E-state index < -0.39 is 17.6 Å². The zero-order chi connectivity index (χ0) is 13.8. The Kier molecular flexibility index (Phi) is 4.11. The maximum absolute atomic E-state index is 13.4. The van der Waals surface area contributed by atoms with Crippen LogP contribution in [-0.2, 0) is 11.2 Å². The second-order valence-electron chi connectivity index (χ2n) is 3.87. The van der Waals surface area contributed by atoms with Gasteiger partial charge < -0.3 is 10.5 Å². The number of hydrogen-bond acceptors (Lipinski definition) is 4. The van der Waals surface area contributed by atoms with Crippen molar-refractivity contribution in [3.8, 4) is 0 Å². The van der Waals surface area contributed by atoms with Crippen molar-refractivity contribution in [2.45, 2.75) is 6.42 Å². The third-order valence-electron chi connectivity index (χ3n) is 2.51. The standard InChI is InChI=1S/C13H11F2NO2S/c14-10-6-11(15)12(16)5-9(10)13(17)18-3-1-8-2-4-19-7-8/h2,4-7H,1,3,16H2. The van der Waals surface area contributed by atoms with Crippen molar-refractivity contribution in [2.24, 2.45) is 0 Å². The number of carbonyl (C=O) groups excluding carboxylic acids is 1. The largest absolute Gasteiger partial charge is 0.462 e. The highest BCUT2D eigenvalue weighted by molar-refractivity contribution is 7.07. The van der Waals surface area contributed by atoms with Crippen molar-refractivity contribution >= 4 is 23.0 Å². The summed E-state index contributed by atoms with van der Waals surface area (Å²) in [6.07, 6.45) is 0.549. The Bertz CT molecular complexity index is 585. The van der Waals surface area contributed by atoms with Crippen LogP contribution >= 0.6 is 11.3 Å². The molecule has 0 fully saturated rings. The number of anilines is 1. The summed E-state index contributed by atoms with van der Waals surface area (Å²) in [6, 6.07) is 3.43. The Labute approximate surface area is 112 Å². The smallest absolute Gasteiger partial charge is 0.341 e. The van der Waals surface area contributed by atoms with Crippen LogP contribution in [-0.4, -0.2) is 12.6 Å². The van der Waals surface area contributed by atoms with Crippen LogP contribution in [0.5, 0.6) is 0 Å². The summed E-state index contributed by atoms with van der Waals surface area (Å²) in [6.45, 7) is 0.131. The zero-order valence-electron chi connectivity index (χ0n) is 9.86. The summed E-state index contributed by atoms with van der Waals surface area (Å²) in [4.78, 5) is 11.6. The second-order valence-corrected chi connectivity index (χ2v) is 4.65. The van der Waals surface area contributed by atoms with Gasteiger partial charge in [-0.1, -0.05) is 0 Å². The molecule has 100 valence electrons. The van der Waals surface area contributed by atoms with Crippen molar-refractivity contribution in [3.63, 3.8) is 0 Å². The molecule has 1 heterocycles. The van der Waals surface area contributed by atoms with E-state index in [1.165, 1.54) is 0 Å². The number of nitrogens with two attached hydrogens (primary N) is 1. The van der Waals surface area contributed by atoms with Gasteiger partial charge in [-0.2, -0.15) is 11.3 Å². The summed E-state index contributed by atoms with van der Waals surface area (Å²) in [5.41, 5.74) is 5.68. The van der Waals surface area contributed by atoms with E-state index in [-0.39, 0.29) is 17.9 Å². The third kappa shape index (κ3) is 3.29. The normalized spacial score (nSPS) is 10.4. The molecule has 2 aromatic rings. The van der Waals surface area contributed by atoms with Gasteiger partial charge in [-0.25, -0.2) is 13.6 Å². The molecule has 0 saturated carbocycles. The van der Waals surface area contributed by atoms with Gasteiger partial charge in [0.15, 0.2) is 0 Å². The van der Waals surface area contributed by atoms with Gasteiger partial charge in [0.25, 0.3) is 0 Å². The van der Waals surface area contributed by atoms with Crippen molar-refractivity contribution in [2.75, 3.05) is 12.3 Å². The Hall–Kier alpha value is -1.95. The fourth-order valence-electron chi connectivity index (χ4n) is 1.50. The maximum atomic E-state index is 13.4. The molecule has 19 heavy (non-hydrogen) atoms. The minimum absolute atomic E-state index is 0.131. The van der Waals surface area contributed by atoms with E-state index >= 15 is 0 Å². The van der Waals surface area contributed by atoms with Gasteiger partial charge in [0.2, 0.25) is 0 Å². The first-order valence-corrected chi connectivity index (χ1v) is 6.45. The SMILES string of the molecule is Nc1cc(C(=O)OCCc2ccsc2)c(F)cc1F. The Balaban J connectivity index is 1.98. The highest BCUT2D eigenvalue weighted by atomic mass is 32.1. The van der Waals surface area contributed by atoms with Crippen LogP contribution in [0.3, 0.4) is 0 Å². The lowest BCUT2D eigenvalue weighted by atomic mass is 10.2. The number of rotatable bonds is 4. The van der Waals surface area contributed by atoms with Gasteiger partial charge in [0.1, 0.15) is 11.6 Å². The van der Waals surface area contributed by atoms with E-state index in [1.807, 2.05) is 16.8 Å². The summed E-state index contributed by atoms with van der Waals surface area (Å²) < 4.78 is 31.3. The number of nitrogen functional groups attached to an aromatic ring is 1. The molecule has 0 amide bonds.